The van der Waals surface area contributed by atoms with Gasteiger partial charge < -0.3 is 78.0 Å². The fourth-order valence-corrected chi connectivity index (χ4v) is 15.4. The minimum absolute atomic E-state index is 0.0699. The zero-order valence-corrected chi connectivity index (χ0v) is 83.5. The molecule has 0 saturated carbocycles. The molecule has 135 heavy (non-hydrogen) atoms. The van der Waals surface area contributed by atoms with Gasteiger partial charge in [0.25, 0.3) is 22.2 Å². The van der Waals surface area contributed by atoms with E-state index in [1.165, 1.54) is 75.4 Å². The van der Waals surface area contributed by atoms with Crippen LogP contribution in [0.3, 0.4) is 0 Å². The predicted molar refractivity (Wildman–Crippen MR) is 549 cm³/mol. The molecule has 4 aliphatic rings. The van der Waals surface area contributed by atoms with Gasteiger partial charge in [0.05, 0.1) is 60.1 Å². The van der Waals surface area contributed by atoms with Crippen molar-refractivity contribution in [2.45, 2.75) is 192 Å². The lowest BCUT2D eigenvalue weighted by Crippen LogP contribution is -2.37. The standard InChI is InChI=1S/2C23H26ClN5O2.C23H23ClN4O3.C21H22ClN5O4.3C3H8.C2H6/c2*1-15(30)6-7-16-12-17-13-18(8-9-20(17)28(2)22(16)31)26-21-19(24)14-25-23(27-21)29-10-4-3-5-11-29;1-14(29)13-31-20-11-16-10-17(8-9-19(16)28(2)23(20)30)26-22-18(24)12-25-21(27-22)15-6-4-3-5-7-15;1-13(28)12-31-18-10-14-9-15(3-4-17(14)26(2)20(18)29)24-19-16(22)11-23-21(25-19)27-5-7-30-8-6-27;3*1-3-2;1-2/h2*8-9,12-14H,3-7,10-11H2,1-2H3,(H,25,26,27);6,8-12H,3-5,7,13H2,1-2H3,(H,25,26,27);3-4,9-11H,5-8,12H2,1-2H3,(H,23,24,25);3*3H2,1-2H3;1-2H3. The van der Waals surface area contributed by atoms with Crippen LogP contribution in [0.5, 0.6) is 11.5 Å². The highest BCUT2D eigenvalue weighted by molar-refractivity contribution is 6.34. The van der Waals surface area contributed by atoms with Crippen LogP contribution in [0.2, 0.25) is 20.1 Å². The Kier molecular flexibility index (Phi) is 41.9. The van der Waals surface area contributed by atoms with Gasteiger partial charge in [-0.05, 0) is 207 Å². The summed E-state index contributed by atoms with van der Waals surface area (Å²) in [5.74, 6) is 4.83. The topological polar surface area (TPSA) is 345 Å². The Morgan fingerprint density at radius 3 is 1.01 bits per heavy atom. The van der Waals surface area contributed by atoms with Crippen LogP contribution in [0.25, 0.3) is 49.2 Å². The number of pyridine rings is 4. The largest absolute Gasteiger partial charge is 0.480 e. The predicted octanol–water partition coefficient (Wildman–Crippen LogP) is 20.9. The molecule has 0 atom stereocenters. The number of nitrogens with zero attached hydrogens (tertiary/aromatic N) is 15. The quantitative estimate of drug-likeness (QED) is 0.0436. The van der Waals surface area contributed by atoms with E-state index in [0.717, 1.165) is 143 Å². The molecule has 4 N–H and O–H groups in total. The Labute approximate surface area is 809 Å². The summed E-state index contributed by atoms with van der Waals surface area (Å²) in [6, 6.07) is 29.6. The number of aromatic nitrogens is 12. The number of anilines is 11. The van der Waals surface area contributed by atoms with Gasteiger partial charge >= 0.3 is 0 Å². The van der Waals surface area contributed by atoms with Crippen LogP contribution in [-0.4, -0.2) is 147 Å². The van der Waals surface area contributed by atoms with E-state index in [1.807, 2.05) is 104 Å². The van der Waals surface area contributed by atoms with Crippen molar-refractivity contribution in [3.8, 4) is 11.5 Å². The van der Waals surface area contributed by atoms with Crippen molar-refractivity contribution >= 4 is 183 Å². The molecule has 30 nitrogen and oxygen atoms in total. The molecule has 0 radical (unpaired) electrons. The third kappa shape index (κ3) is 30.4. The van der Waals surface area contributed by atoms with E-state index in [2.05, 4.69) is 119 Å². The number of ketones is 4. The lowest BCUT2D eigenvalue weighted by atomic mass is 9.99. The fraction of sp³-hybridized carbons (Fsp3) is 0.426. The van der Waals surface area contributed by atoms with Gasteiger partial charge in [0.1, 0.15) is 44.9 Å². The molecular formula is C101H127Cl4N19O11. The SMILES string of the molecule is CC.CC(=O)CCc1cc2cc(Nc3nc(N4CCCCC4)ncc3Cl)ccc2n(C)c1=O.CC(=O)CCc1cc2cc(Nc3nc(N4CCCCC4)ncc3Cl)ccc2n(C)c1=O.CC(=O)COc1cc2cc(Nc3nc(C4=CCCCC4)ncc3Cl)ccc2n(C)c1=O.CC(=O)COc1cc2cc(Nc3nc(N4CCOCC4)ncc3Cl)ccc2n(C)c1=O.CCC.CCC.CCC. The number of ether oxygens (including phenoxy) is 3. The third-order valence-electron chi connectivity index (χ3n) is 21.5. The first-order valence-corrected chi connectivity index (χ1v) is 47.9. The van der Waals surface area contributed by atoms with Gasteiger partial charge in [-0.3, -0.25) is 28.8 Å². The van der Waals surface area contributed by atoms with Gasteiger partial charge in [-0.15, -0.1) is 0 Å². The molecule has 3 saturated heterocycles. The summed E-state index contributed by atoms with van der Waals surface area (Å²) >= 11 is 25.4. The molecule has 0 amide bonds. The molecule has 12 aromatic rings. The Hall–Kier alpha value is -12.2. The molecular weight excluding hydrogens is 1800 g/mol. The van der Waals surface area contributed by atoms with Gasteiger partial charge in [0.15, 0.2) is 52.2 Å². The van der Waals surface area contributed by atoms with E-state index < -0.39 is 0 Å². The first kappa shape index (κ1) is 106. The van der Waals surface area contributed by atoms with Gasteiger partial charge in [0.2, 0.25) is 17.8 Å². The number of piperidine rings is 2. The van der Waals surface area contributed by atoms with Crippen LogP contribution in [0.15, 0.2) is 147 Å². The molecule has 4 aromatic carbocycles. The van der Waals surface area contributed by atoms with Crippen LogP contribution in [-0.2, 0) is 64.9 Å². The van der Waals surface area contributed by atoms with Gasteiger partial charge in [0, 0.05) is 136 Å². The number of nitrogens with one attached hydrogen (secondary N) is 4. The van der Waals surface area contributed by atoms with Crippen molar-refractivity contribution in [3.05, 3.63) is 206 Å². The summed E-state index contributed by atoms with van der Waals surface area (Å²) in [5, 5.41) is 18.2. The number of carbonyl (C=O) groups is 4. The molecule has 0 bridgehead atoms. The number of halogens is 4. The molecule has 0 unspecified atom stereocenters. The zero-order valence-electron chi connectivity index (χ0n) is 80.4. The van der Waals surface area contributed by atoms with E-state index in [1.54, 1.807) is 74.2 Å². The van der Waals surface area contributed by atoms with E-state index >= 15 is 0 Å². The van der Waals surface area contributed by atoms with Crippen molar-refractivity contribution in [2.75, 3.05) is 102 Å². The highest BCUT2D eigenvalue weighted by Crippen LogP contribution is 2.35. The summed E-state index contributed by atoms with van der Waals surface area (Å²) in [6.45, 7) is 28.9. The summed E-state index contributed by atoms with van der Waals surface area (Å²) in [6.07, 6.45) is 25.4. The third-order valence-corrected chi connectivity index (χ3v) is 22.6. The number of hydrogen-bond acceptors (Lipinski definition) is 26. The molecule has 11 heterocycles. The number of Topliss-reactive ketones (excluding diaryl/α,β-unsaturated/α-hetero) is 4. The zero-order chi connectivity index (χ0) is 98.0. The summed E-state index contributed by atoms with van der Waals surface area (Å²) in [5.41, 5.74) is 7.92. The van der Waals surface area contributed by atoms with E-state index in [0.29, 0.717) is 130 Å². The van der Waals surface area contributed by atoms with Gasteiger partial charge in [-0.25, -0.2) is 24.9 Å². The highest BCUT2D eigenvalue weighted by atomic mass is 35.5. The van der Waals surface area contributed by atoms with Crippen molar-refractivity contribution in [3.63, 3.8) is 0 Å². The van der Waals surface area contributed by atoms with Crippen molar-refractivity contribution in [2.24, 2.45) is 28.2 Å². The number of hydrogen-bond donors (Lipinski definition) is 4. The fourth-order valence-electron chi connectivity index (χ4n) is 14.8. The highest BCUT2D eigenvalue weighted by Gasteiger charge is 2.23. The van der Waals surface area contributed by atoms with E-state index in [9.17, 15) is 38.4 Å². The Bertz CT molecular complexity index is 5940. The van der Waals surface area contributed by atoms with Crippen molar-refractivity contribution in [1.29, 1.82) is 0 Å². The number of fused-ring (bicyclic) bond motifs is 4. The lowest BCUT2D eigenvalue weighted by molar-refractivity contribution is -0.119. The summed E-state index contributed by atoms with van der Waals surface area (Å²) in [4.78, 5) is 138. The maximum Gasteiger partial charge on any atom is 0.293 e. The number of rotatable bonds is 24. The normalized spacial score (nSPS) is 13.3. The first-order valence-electron chi connectivity index (χ1n) is 46.4. The van der Waals surface area contributed by atoms with Crippen molar-refractivity contribution < 1.29 is 33.4 Å². The molecule has 1 aliphatic carbocycles. The van der Waals surface area contributed by atoms with Gasteiger partial charge in [-0.1, -0.05) is 127 Å². The second kappa shape index (κ2) is 53.2. The molecule has 16 rings (SSSR count). The molecule has 3 fully saturated rings. The minimum atomic E-state index is -0.302. The number of aryl methyl sites for hydroxylation is 6. The molecule has 3 aliphatic heterocycles. The van der Waals surface area contributed by atoms with Crippen LogP contribution < -0.4 is 67.7 Å². The molecule has 0 spiro atoms. The summed E-state index contributed by atoms with van der Waals surface area (Å²) < 4.78 is 22.4. The number of benzene rings is 4. The smallest absolute Gasteiger partial charge is 0.293 e. The van der Waals surface area contributed by atoms with Crippen LogP contribution in [0, 0.1) is 0 Å². The van der Waals surface area contributed by atoms with E-state index in [-0.39, 0.29) is 70.1 Å². The number of morpholine rings is 1. The number of carbonyl (C=O) groups excluding carboxylic acids is 4. The lowest BCUT2D eigenvalue weighted by Gasteiger charge is -2.27. The Morgan fingerprint density at radius 2 is 0.696 bits per heavy atom. The Balaban J connectivity index is 0.000000195. The molecule has 34 heteroatoms. The van der Waals surface area contributed by atoms with Crippen LogP contribution in [0.4, 0.5) is 63.9 Å². The van der Waals surface area contributed by atoms with E-state index in [4.69, 9.17) is 60.6 Å². The van der Waals surface area contributed by atoms with Crippen LogP contribution >= 0.6 is 46.4 Å². The maximum atomic E-state index is 12.6. The second-order valence-corrected chi connectivity index (χ2v) is 34.7. The van der Waals surface area contributed by atoms with Crippen molar-refractivity contribution in [1.82, 2.24) is 58.1 Å². The van der Waals surface area contributed by atoms with Crippen LogP contribution in [0.1, 0.15) is 196 Å². The Morgan fingerprint density at radius 1 is 0.385 bits per heavy atom. The minimum Gasteiger partial charge on any atom is -0.480 e. The van der Waals surface area contributed by atoms with Gasteiger partial charge in [-0.2, -0.15) is 15.0 Å². The second-order valence-electron chi connectivity index (χ2n) is 33.1. The maximum absolute atomic E-state index is 12.6. The number of allylic oxidation sites excluding steroid dienone is 2. The summed E-state index contributed by atoms with van der Waals surface area (Å²) in [7, 11) is 6.83. The monoisotopic (exact) mass is 1920 g/mol. The average Bonchev–Trinajstić information content (AvgIpc) is 0.793. The molecule has 720 valence electrons. The first-order chi connectivity index (χ1) is 64.9. The molecule has 8 aromatic heterocycles. The average molecular weight is 1930 g/mol.